The third-order valence-electron chi connectivity index (χ3n) is 5.68. The van der Waals surface area contributed by atoms with Gasteiger partial charge in [0.05, 0.1) is 26.5 Å². The maximum Gasteiger partial charge on any atom is 0.276 e. The van der Waals surface area contributed by atoms with E-state index in [1.807, 2.05) is 74.5 Å². The van der Waals surface area contributed by atoms with Crippen molar-refractivity contribution < 1.29 is 19.0 Å². The van der Waals surface area contributed by atoms with Crippen LogP contribution in [0.15, 0.2) is 66.7 Å². The van der Waals surface area contributed by atoms with Crippen LogP contribution in [0.4, 0.5) is 5.69 Å². The summed E-state index contributed by atoms with van der Waals surface area (Å²) < 4.78 is 16.6. The number of hydrogen-bond donors (Lipinski definition) is 2. The highest BCUT2D eigenvalue weighted by Crippen LogP contribution is 2.28. The van der Waals surface area contributed by atoms with Gasteiger partial charge in [0.15, 0.2) is 17.2 Å². The summed E-state index contributed by atoms with van der Waals surface area (Å²) in [5.74, 6) is 1.91. The molecule has 0 spiro atoms. The first-order valence-corrected chi connectivity index (χ1v) is 11.7. The van der Waals surface area contributed by atoms with E-state index in [0.717, 1.165) is 22.5 Å². The molecule has 0 aliphatic carbocycles. The first-order chi connectivity index (χ1) is 17.5. The lowest BCUT2D eigenvalue weighted by Gasteiger charge is -2.11. The van der Waals surface area contributed by atoms with Crippen molar-refractivity contribution in [2.45, 2.75) is 26.2 Å². The van der Waals surface area contributed by atoms with Gasteiger partial charge >= 0.3 is 0 Å². The van der Waals surface area contributed by atoms with Gasteiger partial charge in [-0.25, -0.2) is 4.98 Å². The summed E-state index contributed by atoms with van der Waals surface area (Å²) in [6.45, 7) is 4.55. The summed E-state index contributed by atoms with van der Waals surface area (Å²) in [7, 11) is 3.23. The SMILES string of the molecule is COc1ccc(CCOc2cccc(-c3cccc(NC(=O)c4cc(C(C)C)[nH]n4)c3)n2)cc1OC. The van der Waals surface area contributed by atoms with Crippen molar-refractivity contribution in [3.63, 3.8) is 0 Å². The van der Waals surface area contributed by atoms with Crippen molar-refractivity contribution in [2.24, 2.45) is 0 Å². The molecule has 2 heterocycles. The minimum atomic E-state index is -0.268. The van der Waals surface area contributed by atoms with E-state index < -0.39 is 0 Å². The zero-order chi connectivity index (χ0) is 25.5. The standard InChI is InChI=1S/C28H30N4O4/c1-18(2)23-17-24(32-31-23)28(33)29-21-8-5-7-20(16-21)22-9-6-10-27(30-22)36-14-13-19-11-12-25(34-3)26(15-19)35-4/h5-12,15-18H,13-14H2,1-4H3,(H,29,33)(H,31,32). The molecule has 0 aliphatic rings. The van der Waals surface area contributed by atoms with E-state index in [0.29, 0.717) is 41.8 Å². The third-order valence-corrected chi connectivity index (χ3v) is 5.68. The van der Waals surface area contributed by atoms with Gasteiger partial charge in [-0.1, -0.05) is 38.1 Å². The molecule has 0 unspecified atom stereocenters. The third kappa shape index (κ3) is 6.02. The van der Waals surface area contributed by atoms with E-state index in [2.05, 4.69) is 20.5 Å². The first kappa shape index (κ1) is 24.8. The number of nitrogens with one attached hydrogen (secondary N) is 2. The second-order valence-electron chi connectivity index (χ2n) is 8.55. The molecular formula is C28H30N4O4. The molecule has 2 N–H and O–H groups in total. The lowest BCUT2D eigenvalue weighted by molar-refractivity contribution is 0.102. The van der Waals surface area contributed by atoms with E-state index in [1.165, 1.54) is 0 Å². The van der Waals surface area contributed by atoms with E-state index in [1.54, 1.807) is 20.3 Å². The highest BCUT2D eigenvalue weighted by atomic mass is 16.5. The lowest BCUT2D eigenvalue weighted by atomic mass is 10.1. The van der Waals surface area contributed by atoms with Crippen LogP contribution in [0.25, 0.3) is 11.3 Å². The second-order valence-corrected chi connectivity index (χ2v) is 8.55. The van der Waals surface area contributed by atoms with Crippen LogP contribution in [0, 0.1) is 0 Å². The Kier molecular flexibility index (Phi) is 7.85. The van der Waals surface area contributed by atoms with Crippen molar-refractivity contribution in [3.05, 3.63) is 83.7 Å². The van der Waals surface area contributed by atoms with Crippen LogP contribution >= 0.6 is 0 Å². The summed E-state index contributed by atoms with van der Waals surface area (Å²) in [4.78, 5) is 17.3. The fraction of sp³-hybridized carbons (Fsp3) is 0.250. The molecule has 8 nitrogen and oxygen atoms in total. The van der Waals surface area contributed by atoms with Crippen LogP contribution in [0.2, 0.25) is 0 Å². The molecule has 36 heavy (non-hydrogen) atoms. The Balaban J connectivity index is 1.40. The van der Waals surface area contributed by atoms with Crippen molar-refractivity contribution in [1.82, 2.24) is 15.2 Å². The molecular weight excluding hydrogens is 456 g/mol. The van der Waals surface area contributed by atoms with Crippen LogP contribution in [0.3, 0.4) is 0 Å². The quantitative estimate of drug-likeness (QED) is 0.308. The van der Waals surface area contributed by atoms with Crippen LogP contribution in [-0.2, 0) is 6.42 Å². The smallest absolute Gasteiger partial charge is 0.276 e. The number of aromatic amines is 1. The number of nitrogens with zero attached hydrogens (tertiary/aromatic N) is 2. The Labute approximate surface area is 210 Å². The fourth-order valence-electron chi connectivity index (χ4n) is 3.67. The summed E-state index contributed by atoms with van der Waals surface area (Å²) in [6, 6.07) is 20.7. The summed E-state index contributed by atoms with van der Waals surface area (Å²) >= 11 is 0. The molecule has 0 saturated carbocycles. The number of amides is 1. The van der Waals surface area contributed by atoms with Gasteiger partial charge in [0, 0.05) is 29.4 Å². The number of H-pyrrole nitrogens is 1. The zero-order valence-corrected chi connectivity index (χ0v) is 20.9. The number of pyridine rings is 1. The molecule has 0 fully saturated rings. The van der Waals surface area contributed by atoms with Gasteiger partial charge in [-0.05, 0) is 47.9 Å². The Hall–Kier alpha value is -4.33. The van der Waals surface area contributed by atoms with Crippen LogP contribution in [-0.4, -0.2) is 41.9 Å². The Bertz CT molecular complexity index is 1330. The Morgan fingerprint density at radius 1 is 0.972 bits per heavy atom. The minimum absolute atomic E-state index is 0.266. The monoisotopic (exact) mass is 486 g/mol. The van der Waals surface area contributed by atoms with Crippen LogP contribution < -0.4 is 19.5 Å². The maximum absolute atomic E-state index is 12.6. The number of carbonyl (C=O) groups excluding carboxylic acids is 1. The summed E-state index contributed by atoms with van der Waals surface area (Å²) in [5.41, 5.74) is 4.62. The number of carbonyl (C=O) groups is 1. The van der Waals surface area contributed by atoms with Gasteiger partial charge < -0.3 is 19.5 Å². The molecule has 0 bridgehead atoms. The first-order valence-electron chi connectivity index (χ1n) is 11.7. The molecule has 0 radical (unpaired) electrons. The molecule has 4 rings (SSSR count). The molecule has 8 heteroatoms. The zero-order valence-electron chi connectivity index (χ0n) is 20.9. The average molecular weight is 487 g/mol. The van der Waals surface area contributed by atoms with Gasteiger partial charge in [-0.2, -0.15) is 5.10 Å². The largest absolute Gasteiger partial charge is 0.493 e. The molecule has 2 aromatic heterocycles. The molecule has 0 saturated heterocycles. The second kappa shape index (κ2) is 11.4. The maximum atomic E-state index is 12.6. The highest BCUT2D eigenvalue weighted by molar-refractivity contribution is 6.03. The number of anilines is 1. The summed E-state index contributed by atoms with van der Waals surface area (Å²) in [5, 5.41) is 9.93. The van der Waals surface area contributed by atoms with Gasteiger partial charge in [0.1, 0.15) is 0 Å². The van der Waals surface area contributed by atoms with Crippen molar-refractivity contribution >= 4 is 11.6 Å². The minimum Gasteiger partial charge on any atom is -0.493 e. The van der Waals surface area contributed by atoms with Crippen molar-refractivity contribution in [2.75, 3.05) is 26.1 Å². The number of rotatable bonds is 10. The normalized spacial score (nSPS) is 10.8. The summed E-state index contributed by atoms with van der Waals surface area (Å²) in [6.07, 6.45) is 0.694. The van der Waals surface area contributed by atoms with Gasteiger partial charge in [0.25, 0.3) is 5.91 Å². The number of ether oxygens (including phenoxy) is 3. The van der Waals surface area contributed by atoms with Gasteiger partial charge in [0.2, 0.25) is 5.88 Å². The number of aromatic nitrogens is 3. The molecule has 1 amide bonds. The number of hydrogen-bond acceptors (Lipinski definition) is 6. The molecule has 186 valence electrons. The van der Waals surface area contributed by atoms with E-state index >= 15 is 0 Å². The van der Waals surface area contributed by atoms with Crippen LogP contribution in [0.1, 0.15) is 41.5 Å². The fourth-order valence-corrected chi connectivity index (χ4v) is 3.67. The Morgan fingerprint density at radius 3 is 2.53 bits per heavy atom. The predicted molar refractivity (Wildman–Crippen MR) is 139 cm³/mol. The highest BCUT2D eigenvalue weighted by Gasteiger charge is 2.13. The van der Waals surface area contributed by atoms with Gasteiger partial charge in [-0.15, -0.1) is 0 Å². The molecule has 2 aromatic carbocycles. The lowest BCUT2D eigenvalue weighted by Crippen LogP contribution is -2.12. The topological polar surface area (TPSA) is 98.4 Å². The van der Waals surface area contributed by atoms with Crippen molar-refractivity contribution in [3.8, 4) is 28.6 Å². The number of benzene rings is 2. The van der Waals surface area contributed by atoms with E-state index in [-0.39, 0.29) is 11.8 Å². The van der Waals surface area contributed by atoms with Crippen molar-refractivity contribution in [1.29, 1.82) is 0 Å². The molecule has 4 aromatic rings. The molecule has 0 atom stereocenters. The van der Waals surface area contributed by atoms with Gasteiger partial charge in [-0.3, -0.25) is 9.89 Å². The number of methoxy groups -OCH3 is 2. The average Bonchev–Trinajstić information content (AvgIpc) is 3.40. The predicted octanol–water partition coefficient (Wildman–Crippen LogP) is 5.49. The van der Waals surface area contributed by atoms with Crippen LogP contribution in [0.5, 0.6) is 17.4 Å². The Morgan fingerprint density at radius 2 is 1.78 bits per heavy atom. The van der Waals surface area contributed by atoms with E-state index in [4.69, 9.17) is 14.2 Å². The molecule has 0 aliphatic heterocycles. The van der Waals surface area contributed by atoms with E-state index in [9.17, 15) is 4.79 Å².